The van der Waals surface area contributed by atoms with E-state index in [9.17, 15) is 4.79 Å². The SMILES string of the molecule is CC.O=C(O)c1cn2c(n1)COC(c1ccccc1)C2. The lowest BCUT2D eigenvalue weighted by Gasteiger charge is -2.24. The molecule has 0 aliphatic carbocycles. The molecular weight excluding hydrogens is 256 g/mol. The Morgan fingerprint density at radius 2 is 2.05 bits per heavy atom. The van der Waals surface area contributed by atoms with Crippen molar-refractivity contribution in [3.63, 3.8) is 0 Å². The second-order valence-corrected chi connectivity index (χ2v) is 4.21. The molecule has 0 radical (unpaired) electrons. The number of aromatic nitrogens is 2. The van der Waals surface area contributed by atoms with Crippen LogP contribution in [0.3, 0.4) is 0 Å². The van der Waals surface area contributed by atoms with E-state index in [0.717, 1.165) is 5.56 Å². The first kappa shape index (κ1) is 14.3. The summed E-state index contributed by atoms with van der Waals surface area (Å²) in [6.07, 6.45) is 1.52. The van der Waals surface area contributed by atoms with Crippen molar-refractivity contribution < 1.29 is 14.6 Å². The highest BCUT2D eigenvalue weighted by Crippen LogP contribution is 2.26. The molecule has 1 aliphatic rings. The van der Waals surface area contributed by atoms with Crippen LogP contribution in [0.2, 0.25) is 0 Å². The maximum Gasteiger partial charge on any atom is 0.356 e. The van der Waals surface area contributed by atoms with Gasteiger partial charge in [-0.2, -0.15) is 0 Å². The number of rotatable bonds is 2. The number of carbonyl (C=O) groups is 1. The molecule has 5 heteroatoms. The van der Waals surface area contributed by atoms with Crippen molar-refractivity contribution in [2.75, 3.05) is 0 Å². The van der Waals surface area contributed by atoms with Gasteiger partial charge in [-0.15, -0.1) is 0 Å². The van der Waals surface area contributed by atoms with E-state index in [2.05, 4.69) is 4.98 Å². The van der Waals surface area contributed by atoms with Gasteiger partial charge in [0.15, 0.2) is 5.69 Å². The number of imidazole rings is 1. The predicted molar refractivity (Wildman–Crippen MR) is 74.5 cm³/mol. The summed E-state index contributed by atoms with van der Waals surface area (Å²) in [5.41, 5.74) is 1.16. The molecule has 0 amide bonds. The average molecular weight is 274 g/mol. The highest BCUT2D eigenvalue weighted by molar-refractivity contribution is 5.85. The minimum Gasteiger partial charge on any atom is -0.476 e. The smallest absolute Gasteiger partial charge is 0.356 e. The quantitative estimate of drug-likeness (QED) is 0.914. The summed E-state index contributed by atoms with van der Waals surface area (Å²) in [4.78, 5) is 14.9. The zero-order valence-corrected chi connectivity index (χ0v) is 11.6. The number of ether oxygens (including phenoxy) is 1. The van der Waals surface area contributed by atoms with Gasteiger partial charge in [0.25, 0.3) is 0 Å². The lowest BCUT2D eigenvalue weighted by atomic mass is 10.1. The summed E-state index contributed by atoms with van der Waals surface area (Å²) < 4.78 is 7.56. The minimum atomic E-state index is -1.01. The molecule has 20 heavy (non-hydrogen) atoms. The number of carboxylic acids is 1. The highest BCUT2D eigenvalue weighted by Gasteiger charge is 2.23. The zero-order chi connectivity index (χ0) is 14.5. The number of nitrogens with zero attached hydrogens (tertiary/aromatic N) is 2. The van der Waals surface area contributed by atoms with Crippen LogP contribution in [0.5, 0.6) is 0 Å². The summed E-state index contributed by atoms with van der Waals surface area (Å²) in [5.74, 6) is -0.340. The number of fused-ring (bicyclic) bond motifs is 1. The number of benzene rings is 1. The van der Waals surface area contributed by atoms with Crippen LogP contribution in [0.4, 0.5) is 0 Å². The van der Waals surface area contributed by atoms with E-state index >= 15 is 0 Å². The summed E-state index contributed by atoms with van der Waals surface area (Å²) >= 11 is 0. The van der Waals surface area contributed by atoms with Crippen LogP contribution >= 0.6 is 0 Å². The van der Waals surface area contributed by atoms with Gasteiger partial charge >= 0.3 is 5.97 Å². The first-order valence-corrected chi connectivity index (χ1v) is 6.70. The van der Waals surface area contributed by atoms with E-state index in [-0.39, 0.29) is 11.8 Å². The lowest BCUT2D eigenvalue weighted by Crippen LogP contribution is -2.20. The molecule has 0 saturated heterocycles. The van der Waals surface area contributed by atoms with Gasteiger partial charge < -0.3 is 14.4 Å². The van der Waals surface area contributed by atoms with Gasteiger partial charge in [0, 0.05) is 6.20 Å². The van der Waals surface area contributed by atoms with Crippen LogP contribution < -0.4 is 0 Å². The number of aromatic carboxylic acids is 1. The molecule has 1 aliphatic heterocycles. The first-order valence-electron chi connectivity index (χ1n) is 6.70. The molecule has 0 fully saturated rings. The molecule has 2 heterocycles. The molecular formula is C15H18N2O3. The van der Waals surface area contributed by atoms with Gasteiger partial charge in [-0.1, -0.05) is 44.2 Å². The highest BCUT2D eigenvalue weighted by atomic mass is 16.5. The van der Waals surface area contributed by atoms with Gasteiger partial charge in [-0.05, 0) is 5.56 Å². The Labute approximate surface area is 117 Å². The Morgan fingerprint density at radius 3 is 2.70 bits per heavy atom. The molecule has 0 spiro atoms. The molecule has 5 nitrogen and oxygen atoms in total. The Balaban J connectivity index is 0.000000704. The summed E-state index contributed by atoms with van der Waals surface area (Å²) in [7, 11) is 0. The topological polar surface area (TPSA) is 64.3 Å². The third-order valence-corrected chi connectivity index (χ3v) is 3.03. The van der Waals surface area contributed by atoms with Gasteiger partial charge in [0.2, 0.25) is 0 Å². The fourth-order valence-electron chi connectivity index (χ4n) is 2.11. The van der Waals surface area contributed by atoms with Crippen molar-refractivity contribution in [2.24, 2.45) is 0 Å². The van der Waals surface area contributed by atoms with Crippen molar-refractivity contribution in [3.8, 4) is 0 Å². The minimum absolute atomic E-state index is 0.0467. The first-order chi connectivity index (χ1) is 9.74. The van der Waals surface area contributed by atoms with Crippen molar-refractivity contribution in [1.29, 1.82) is 0 Å². The number of carboxylic acid groups (broad SMARTS) is 1. The Morgan fingerprint density at radius 1 is 1.35 bits per heavy atom. The third kappa shape index (κ3) is 2.88. The molecule has 1 atom stereocenters. The van der Waals surface area contributed by atoms with E-state index in [1.165, 1.54) is 0 Å². The van der Waals surface area contributed by atoms with Crippen LogP contribution in [-0.4, -0.2) is 20.6 Å². The standard InChI is InChI=1S/C13H12N2O3.C2H6/c16-13(17)10-6-15-7-11(18-8-12(15)14-10)9-4-2-1-3-5-9;1-2/h1-6,11H,7-8H2,(H,16,17);1-2H3. The van der Waals surface area contributed by atoms with Crippen molar-refractivity contribution in [1.82, 2.24) is 9.55 Å². The Kier molecular flexibility index (Phi) is 4.53. The molecule has 1 aromatic heterocycles. The van der Waals surface area contributed by atoms with Gasteiger partial charge in [-0.3, -0.25) is 0 Å². The van der Waals surface area contributed by atoms with Gasteiger partial charge in [0.05, 0.1) is 6.54 Å². The maximum absolute atomic E-state index is 10.9. The molecule has 3 rings (SSSR count). The van der Waals surface area contributed by atoms with Crippen LogP contribution in [0.1, 0.15) is 41.8 Å². The maximum atomic E-state index is 10.9. The molecule has 1 aromatic carbocycles. The van der Waals surface area contributed by atoms with Crippen molar-refractivity contribution >= 4 is 5.97 Å². The van der Waals surface area contributed by atoms with Crippen LogP contribution in [0.15, 0.2) is 36.5 Å². The third-order valence-electron chi connectivity index (χ3n) is 3.03. The lowest BCUT2D eigenvalue weighted by molar-refractivity contribution is 0.000487. The average Bonchev–Trinajstić information content (AvgIpc) is 2.93. The molecule has 2 aromatic rings. The molecule has 1 unspecified atom stereocenters. The van der Waals surface area contributed by atoms with E-state index in [1.54, 1.807) is 6.20 Å². The fraction of sp³-hybridized carbons (Fsp3) is 0.333. The summed E-state index contributed by atoms with van der Waals surface area (Å²) in [6, 6.07) is 9.89. The van der Waals surface area contributed by atoms with Gasteiger partial charge in [-0.25, -0.2) is 9.78 Å². The largest absolute Gasteiger partial charge is 0.476 e. The molecule has 0 saturated carbocycles. The van der Waals surface area contributed by atoms with Crippen molar-refractivity contribution in [3.05, 3.63) is 53.6 Å². The molecule has 1 N–H and O–H groups in total. The summed E-state index contributed by atoms with van der Waals surface area (Å²) in [5, 5.41) is 8.90. The monoisotopic (exact) mass is 274 g/mol. The van der Waals surface area contributed by atoms with E-state index in [1.807, 2.05) is 48.7 Å². The Bertz CT molecular complexity index is 578. The Hall–Kier alpha value is -2.14. The van der Waals surface area contributed by atoms with Crippen LogP contribution in [0.25, 0.3) is 0 Å². The predicted octanol–water partition coefficient (Wildman–Crippen LogP) is 2.88. The normalized spacial score (nSPS) is 16.8. The van der Waals surface area contributed by atoms with Crippen molar-refractivity contribution in [2.45, 2.75) is 33.1 Å². The molecule has 0 bridgehead atoms. The fourth-order valence-corrected chi connectivity index (χ4v) is 2.11. The van der Waals surface area contributed by atoms with Crippen LogP contribution in [0, 0.1) is 0 Å². The second kappa shape index (κ2) is 6.34. The van der Waals surface area contributed by atoms with E-state index < -0.39 is 5.97 Å². The summed E-state index contributed by atoms with van der Waals surface area (Å²) in [6.45, 7) is 4.94. The van der Waals surface area contributed by atoms with E-state index in [4.69, 9.17) is 9.84 Å². The second-order valence-electron chi connectivity index (χ2n) is 4.21. The van der Waals surface area contributed by atoms with Gasteiger partial charge in [0.1, 0.15) is 18.5 Å². The van der Waals surface area contributed by atoms with Crippen LogP contribution in [-0.2, 0) is 17.9 Å². The van der Waals surface area contributed by atoms with E-state index in [0.29, 0.717) is 19.0 Å². The number of hydrogen-bond donors (Lipinski definition) is 1. The zero-order valence-electron chi connectivity index (χ0n) is 11.6. The molecule has 106 valence electrons. The number of hydrogen-bond acceptors (Lipinski definition) is 3.